The molecular formula is C19H22N2O2. The molecule has 3 rings (SSSR count). The Morgan fingerprint density at radius 3 is 2.74 bits per heavy atom. The zero-order valence-corrected chi connectivity index (χ0v) is 13.2. The smallest absolute Gasteiger partial charge is 0.337 e. The maximum atomic E-state index is 11.3. The molecule has 4 heteroatoms. The van der Waals surface area contributed by atoms with Gasteiger partial charge in [-0.2, -0.15) is 0 Å². The molecule has 1 saturated heterocycles. The van der Waals surface area contributed by atoms with Crippen molar-refractivity contribution in [3.05, 3.63) is 65.5 Å². The quantitative estimate of drug-likeness (QED) is 0.938. The number of aromatic nitrogens is 1. The third kappa shape index (κ3) is 3.96. The number of likely N-dealkylation sites (tertiary alicyclic amines) is 1. The molecule has 1 aliphatic heterocycles. The van der Waals surface area contributed by atoms with Crippen LogP contribution in [0.25, 0.3) is 0 Å². The van der Waals surface area contributed by atoms with E-state index in [0.29, 0.717) is 23.7 Å². The van der Waals surface area contributed by atoms with Crippen molar-refractivity contribution in [2.75, 3.05) is 13.1 Å². The standard InChI is InChI=1S/C19H22N2O2/c22-19(23)17-9-4-11-20-18(17)14-21-12-5-8-16(10-13-21)15-6-2-1-3-7-15/h1-4,6-7,9,11,16H,5,8,10,12-14H2,(H,22,23)/t16-/m1/s1. The van der Waals surface area contributed by atoms with E-state index in [1.807, 2.05) is 0 Å². The van der Waals surface area contributed by atoms with Gasteiger partial charge in [-0.15, -0.1) is 0 Å². The second-order valence-corrected chi connectivity index (χ2v) is 6.12. The first-order valence-corrected chi connectivity index (χ1v) is 8.18. The van der Waals surface area contributed by atoms with Crippen LogP contribution in [0.15, 0.2) is 48.7 Å². The van der Waals surface area contributed by atoms with E-state index in [9.17, 15) is 9.90 Å². The van der Waals surface area contributed by atoms with Gasteiger partial charge in [0.25, 0.3) is 0 Å². The van der Waals surface area contributed by atoms with Crippen LogP contribution in [0.1, 0.15) is 46.8 Å². The van der Waals surface area contributed by atoms with Crippen LogP contribution in [0.2, 0.25) is 0 Å². The molecule has 1 atom stereocenters. The first-order chi connectivity index (χ1) is 11.2. The number of pyridine rings is 1. The predicted molar refractivity (Wildman–Crippen MR) is 89.5 cm³/mol. The molecule has 1 aliphatic rings. The fraction of sp³-hybridized carbons (Fsp3) is 0.368. The van der Waals surface area contributed by atoms with Crippen LogP contribution >= 0.6 is 0 Å². The second-order valence-electron chi connectivity index (χ2n) is 6.12. The third-order valence-electron chi connectivity index (χ3n) is 4.59. The average molecular weight is 310 g/mol. The van der Waals surface area contributed by atoms with Crippen molar-refractivity contribution >= 4 is 5.97 Å². The number of hydrogen-bond donors (Lipinski definition) is 1. The summed E-state index contributed by atoms with van der Waals surface area (Å²) in [6, 6.07) is 14.0. The van der Waals surface area contributed by atoms with Gasteiger partial charge in [-0.25, -0.2) is 4.79 Å². The molecule has 0 aliphatic carbocycles. The first-order valence-electron chi connectivity index (χ1n) is 8.18. The second kappa shape index (κ2) is 7.38. The highest BCUT2D eigenvalue weighted by Crippen LogP contribution is 2.28. The Morgan fingerprint density at radius 2 is 1.96 bits per heavy atom. The van der Waals surface area contributed by atoms with Crippen molar-refractivity contribution in [2.45, 2.75) is 31.7 Å². The molecule has 0 unspecified atom stereocenters. The summed E-state index contributed by atoms with van der Waals surface area (Å²) in [5.74, 6) is -0.297. The molecule has 2 aromatic rings. The number of benzene rings is 1. The predicted octanol–water partition coefficient (Wildman–Crippen LogP) is 3.55. The van der Waals surface area contributed by atoms with Gasteiger partial charge in [-0.3, -0.25) is 9.88 Å². The Hall–Kier alpha value is -2.20. The zero-order chi connectivity index (χ0) is 16.1. The monoisotopic (exact) mass is 310 g/mol. The van der Waals surface area contributed by atoms with E-state index >= 15 is 0 Å². The summed E-state index contributed by atoms with van der Waals surface area (Å²) in [4.78, 5) is 17.9. The van der Waals surface area contributed by atoms with Crippen molar-refractivity contribution in [1.29, 1.82) is 0 Å². The SMILES string of the molecule is O=C(O)c1cccnc1CN1CCC[C@@H](c2ccccc2)CC1. The highest BCUT2D eigenvalue weighted by Gasteiger charge is 2.20. The third-order valence-corrected chi connectivity index (χ3v) is 4.59. The normalized spacial score (nSPS) is 19.2. The van der Waals surface area contributed by atoms with E-state index in [-0.39, 0.29) is 0 Å². The van der Waals surface area contributed by atoms with Crippen LogP contribution in [0.5, 0.6) is 0 Å². The van der Waals surface area contributed by atoms with Crippen molar-refractivity contribution in [3.8, 4) is 0 Å². The minimum Gasteiger partial charge on any atom is -0.478 e. The van der Waals surface area contributed by atoms with Gasteiger partial charge in [0.15, 0.2) is 0 Å². The Kier molecular flexibility index (Phi) is 5.03. The van der Waals surface area contributed by atoms with Crippen LogP contribution in [-0.4, -0.2) is 34.0 Å². The molecule has 120 valence electrons. The molecule has 0 saturated carbocycles. The lowest BCUT2D eigenvalue weighted by atomic mass is 9.92. The molecule has 23 heavy (non-hydrogen) atoms. The molecule has 0 radical (unpaired) electrons. The molecule has 0 bridgehead atoms. The summed E-state index contributed by atoms with van der Waals surface area (Å²) >= 11 is 0. The number of carbonyl (C=O) groups is 1. The zero-order valence-electron chi connectivity index (χ0n) is 13.2. The van der Waals surface area contributed by atoms with Gasteiger partial charge in [0.1, 0.15) is 0 Å². The van der Waals surface area contributed by atoms with E-state index in [4.69, 9.17) is 0 Å². The van der Waals surface area contributed by atoms with E-state index in [1.54, 1.807) is 18.3 Å². The van der Waals surface area contributed by atoms with Crippen LogP contribution in [0.4, 0.5) is 0 Å². The summed E-state index contributed by atoms with van der Waals surface area (Å²) in [5, 5.41) is 9.28. The minimum atomic E-state index is -0.898. The highest BCUT2D eigenvalue weighted by molar-refractivity contribution is 5.88. The van der Waals surface area contributed by atoms with Gasteiger partial charge in [-0.05, 0) is 56.0 Å². The van der Waals surface area contributed by atoms with Crippen molar-refractivity contribution < 1.29 is 9.90 Å². The summed E-state index contributed by atoms with van der Waals surface area (Å²) in [6.07, 6.45) is 5.11. The molecule has 1 N–H and O–H groups in total. The minimum absolute atomic E-state index is 0.316. The summed E-state index contributed by atoms with van der Waals surface area (Å²) in [5.41, 5.74) is 2.40. The number of carboxylic acid groups (broad SMARTS) is 1. The highest BCUT2D eigenvalue weighted by atomic mass is 16.4. The maximum Gasteiger partial charge on any atom is 0.337 e. The number of rotatable bonds is 4. The van der Waals surface area contributed by atoms with Gasteiger partial charge < -0.3 is 5.11 Å². The number of hydrogen-bond acceptors (Lipinski definition) is 3. The summed E-state index contributed by atoms with van der Waals surface area (Å²) < 4.78 is 0. The van der Waals surface area contributed by atoms with Crippen molar-refractivity contribution in [3.63, 3.8) is 0 Å². The molecule has 1 aromatic carbocycles. The van der Waals surface area contributed by atoms with E-state index < -0.39 is 5.97 Å². The largest absolute Gasteiger partial charge is 0.478 e. The first kappa shape index (κ1) is 15.7. The average Bonchev–Trinajstić information content (AvgIpc) is 2.82. The number of nitrogens with zero attached hydrogens (tertiary/aromatic N) is 2. The Bertz CT molecular complexity index is 657. The Labute approximate surface area is 136 Å². The Balaban J connectivity index is 1.66. The molecule has 1 aromatic heterocycles. The van der Waals surface area contributed by atoms with Gasteiger partial charge in [0, 0.05) is 12.7 Å². The van der Waals surface area contributed by atoms with E-state index in [0.717, 1.165) is 25.9 Å². The summed E-state index contributed by atoms with van der Waals surface area (Å²) in [6.45, 7) is 2.60. The Morgan fingerprint density at radius 1 is 1.13 bits per heavy atom. The lowest BCUT2D eigenvalue weighted by Gasteiger charge is -2.20. The molecule has 4 nitrogen and oxygen atoms in total. The van der Waals surface area contributed by atoms with Crippen LogP contribution in [0.3, 0.4) is 0 Å². The number of aromatic carboxylic acids is 1. The van der Waals surface area contributed by atoms with Crippen molar-refractivity contribution in [2.24, 2.45) is 0 Å². The molecule has 1 fully saturated rings. The van der Waals surface area contributed by atoms with Crippen molar-refractivity contribution in [1.82, 2.24) is 9.88 Å². The van der Waals surface area contributed by atoms with E-state index in [1.165, 1.54) is 12.0 Å². The number of carboxylic acids is 1. The maximum absolute atomic E-state index is 11.3. The molecule has 0 amide bonds. The fourth-order valence-corrected chi connectivity index (χ4v) is 3.34. The van der Waals surface area contributed by atoms with Gasteiger partial charge in [0.2, 0.25) is 0 Å². The summed E-state index contributed by atoms with van der Waals surface area (Å²) in [7, 11) is 0. The van der Waals surface area contributed by atoms with Gasteiger partial charge in [0.05, 0.1) is 11.3 Å². The molecule has 0 spiro atoms. The topological polar surface area (TPSA) is 53.4 Å². The lowest BCUT2D eigenvalue weighted by Crippen LogP contribution is -2.26. The molecular weight excluding hydrogens is 288 g/mol. The van der Waals surface area contributed by atoms with Gasteiger partial charge >= 0.3 is 5.97 Å². The molecule has 2 heterocycles. The fourth-order valence-electron chi connectivity index (χ4n) is 3.34. The van der Waals surface area contributed by atoms with Gasteiger partial charge in [-0.1, -0.05) is 30.3 Å². The van der Waals surface area contributed by atoms with Crippen LogP contribution in [0, 0.1) is 0 Å². The van der Waals surface area contributed by atoms with Crippen LogP contribution < -0.4 is 0 Å². The van der Waals surface area contributed by atoms with E-state index in [2.05, 4.69) is 40.2 Å². The lowest BCUT2D eigenvalue weighted by molar-refractivity contribution is 0.0693. The van der Waals surface area contributed by atoms with Crippen LogP contribution in [-0.2, 0) is 6.54 Å².